The predicted octanol–water partition coefficient (Wildman–Crippen LogP) is 3.52. The van der Waals surface area contributed by atoms with E-state index in [1.807, 2.05) is 18.2 Å². The molecule has 0 amide bonds. The summed E-state index contributed by atoms with van der Waals surface area (Å²) in [5.74, 6) is 1.30. The number of hydrogen-bond donors (Lipinski definition) is 2. The van der Waals surface area contributed by atoms with E-state index in [0.717, 1.165) is 18.0 Å². The van der Waals surface area contributed by atoms with E-state index < -0.39 is 0 Å². The molecule has 2 aromatic carbocycles. The van der Waals surface area contributed by atoms with Crippen LogP contribution in [0.25, 0.3) is 0 Å². The molecule has 1 unspecified atom stereocenters. The second kappa shape index (κ2) is 9.39. The summed E-state index contributed by atoms with van der Waals surface area (Å²) < 4.78 is 0. The SMILES string of the molecule is CC1CCCN(Cc2ccccc2CNC(N)=NCc2ccccc2)C1. The van der Waals surface area contributed by atoms with Gasteiger partial charge in [0.05, 0.1) is 6.54 Å². The van der Waals surface area contributed by atoms with Gasteiger partial charge in [-0.1, -0.05) is 61.5 Å². The molecule has 3 N–H and O–H groups in total. The molecule has 138 valence electrons. The molecule has 2 aromatic rings. The number of nitrogens with two attached hydrogens (primary N) is 1. The first-order chi connectivity index (χ1) is 12.7. The number of piperidine rings is 1. The standard InChI is InChI=1S/C22H30N4/c1-18-8-7-13-26(16-18)17-21-12-6-5-11-20(21)15-25-22(23)24-14-19-9-3-2-4-10-19/h2-6,9-12,18H,7-8,13-17H2,1H3,(H3,23,24,25). The molecule has 1 atom stereocenters. The van der Waals surface area contributed by atoms with Crippen LogP contribution < -0.4 is 11.1 Å². The van der Waals surface area contributed by atoms with Gasteiger partial charge in [-0.2, -0.15) is 0 Å². The lowest BCUT2D eigenvalue weighted by Crippen LogP contribution is -2.35. The Hall–Kier alpha value is -2.33. The minimum Gasteiger partial charge on any atom is -0.370 e. The van der Waals surface area contributed by atoms with Gasteiger partial charge in [-0.15, -0.1) is 0 Å². The molecule has 0 aromatic heterocycles. The fraction of sp³-hybridized carbons (Fsp3) is 0.409. The Morgan fingerprint density at radius 3 is 2.62 bits per heavy atom. The second-order valence-corrected chi connectivity index (χ2v) is 7.29. The van der Waals surface area contributed by atoms with Crippen molar-refractivity contribution in [3.8, 4) is 0 Å². The molecule has 0 bridgehead atoms. The summed E-state index contributed by atoms with van der Waals surface area (Å²) in [4.78, 5) is 7.01. The highest BCUT2D eigenvalue weighted by Gasteiger charge is 2.17. The number of nitrogens with one attached hydrogen (secondary N) is 1. The molecule has 1 fully saturated rings. The van der Waals surface area contributed by atoms with Crippen molar-refractivity contribution in [1.82, 2.24) is 10.2 Å². The van der Waals surface area contributed by atoms with Gasteiger partial charge in [0.1, 0.15) is 0 Å². The molecule has 0 aliphatic carbocycles. The lowest BCUT2D eigenvalue weighted by atomic mass is 9.99. The Balaban J connectivity index is 1.56. The highest BCUT2D eigenvalue weighted by molar-refractivity contribution is 5.77. The lowest BCUT2D eigenvalue weighted by molar-refractivity contribution is 0.176. The van der Waals surface area contributed by atoms with Crippen molar-refractivity contribution < 1.29 is 0 Å². The average Bonchev–Trinajstić information content (AvgIpc) is 2.66. The molecule has 1 saturated heterocycles. The van der Waals surface area contributed by atoms with Gasteiger partial charge in [0.15, 0.2) is 5.96 Å². The molecular weight excluding hydrogens is 320 g/mol. The van der Waals surface area contributed by atoms with Crippen molar-refractivity contribution in [1.29, 1.82) is 0 Å². The monoisotopic (exact) mass is 350 g/mol. The number of rotatable bonds is 6. The van der Waals surface area contributed by atoms with Crippen molar-refractivity contribution >= 4 is 5.96 Å². The van der Waals surface area contributed by atoms with Crippen LogP contribution in [0.15, 0.2) is 59.6 Å². The maximum atomic E-state index is 6.05. The van der Waals surface area contributed by atoms with Gasteiger partial charge in [0.2, 0.25) is 0 Å². The zero-order chi connectivity index (χ0) is 18.2. The van der Waals surface area contributed by atoms with Gasteiger partial charge in [-0.25, -0.2) is 4.99 Å². The highest BCUT2D eigenvalue weighted by Crippen LogP contribution is 2.19. The first-order valence-electron chi connectivity index (χ1n) is 9.57. The van der Waals surface area contributed by atoms with Crippen molar-refractivity contribution in [3.05, 3.63) is 71.3 Å². The van der Waals surface area contributed by atoms with E-state index in [1.54, 1.807) is 0 Å². The van der Waals surface area contributed by atoms with E-state index >= 15 is 0 Å². The van der Waals surface area contributed by atoms with E-state index in [9.17, 15) is 0 Å². The van der Waals surface area contributed by atoms with Gasteiger partial charge in [0, 0.05) is 19.6 Å². The van der Waals surface area contributed by atoms with Crippen LogP contribution in [0, 0.1) is 5.92 Å². The van der Waals surface area contributed by atoms with E-state index in [1.165, 1.54) is 37.1 Å². The zero-order valence-corrected chi connectivity index (χ0v) is 15.7. The lowest BCUT2D eigenvalue weighted by Gasteiger charge is -2.31. The summed E-state index contributed by atoms with van der Waals surface area (Å²) in [5.41, 5.74) is 9.89. The quantitative estimate of drug-likeness (QED) is 0.619. The summed E-state index contributed by atoms with van der Waals surface area (Å²) in [6, 6.07) is 18.8. The molecule has 0 spiro atoms. The summed E-state index contributed by atoms with van der Waals surface area (Å²) in [6.07, 6.45) is 2.66. The molecular formula is C22H30N4. The van der Waals surface area contributed by atoms with Crippen molar-refractivity contribution in [3.63, 3.8) is 0 Å². The minimum absolute atomic E-state index is 0.496. The predicted molar refractivity (Wildman–Crippen MR) is 109 cm³/mol. The number of aliphatic imine (C=N–C) groups is 1. The van der Waals surface area contributed by atoms with Crippen molar-refractivity contribution in [2.75, 3.05) is 13.1 Å². The molecule has 1 aliphatic rings. The number of guanidine groups is 1. The molecule has 26 heavy (non-hydrogen) atoms. The van der Waals surface area contributed by atoms with Crippen LogP contribution in [-0.2, 0) is 19.6 Å². The van der Waals surface area contributed by atoms with E-state index in [0.29, 0.717) is 19.0 Å². The third-order valence-corrected chi connectivity index (χ3v) is 4.99. The highest BCUT2D eigenvalue weighted by atomic mass is 15.1. The zero-order valence-electron chi connectivity index (χ0n) is 15.7. The molecule has 0 radical (unpaired) electrons. The van der Waals surface area contributed by atoms with Gasteiger partial charge < -0.3 is 11.1 Å². The fourth-order valence-electron chi connectivity index (χ4n) is 3.56. The van der Waals surface area contributed by atoms with Gasteiger partial charge in [0.25, 0.3) is 0 Å². The third kappa shape index (κ3) is 5.60. The van der Waals surface area contributed by atoms with Crippen molar-refractivity contribution in [2.45, 2.75) is 39.4 Å². The number of hydrogen-bond acceptors (Lipinski definition) is 2. The Kier molecular flexibility index (Phi) is 6.67. The summed E-state index contributed by atoms with van der Waals surface area (Å²) >= 11 is 0. The molecule has 4 nitrogen and oxygen atoms in total. The van der Waals surface area contributed by atoms with Crippen LogP contribution in [0.5, 0.6) is 0 Å². The summed E-state index contributed by atoms with van der Waals surface area (Å²) in [6.45, 7) is 7.08. The van der Waals surface area contributed by atoms with Crippen LogP contribution in [0.4, 0.5) is 0 Å². The third-order valence-electron chi connectivity index (χ3n) is 4.99. The van der Waals surface area contributed by atoms with Gasteiger partial charge in [-0.05, 0) is 42.0 Å². The van der Waals surface area contributed by atoms with E-state index in [-0.39, 0.29) is 0 Å². The van der Waals surface area contributed by atoms with E-state index in [4.69, 9.17) is 5.73 Å². The Labute approximate surface area is 157 Å². The number of benzene rings is 2. The van der Waals surface area contributed by atoms with Crippen molar-refractivity contribution in [2.24, 2.45) is 16.6 Å². The second-order valence-electron chi connectivity index (χ2n) is 7.29. The average molecular weight is 351 g/mol. The van der Waals surface area contributed by atoms with Crippen LogP contribution in [0.2, 0.25) is 0 Å². The summed E-state index contributed by atoms with van der Waals surface area (Å²) in [5, 5.41) is 3.26. The number of nitrogens with zero attached hydrogens (tertiary/aromatic N) is 2. The fourth-order valence-corrected chi connectivity index (χ4v) is 3.56. The first-order valence-corrected chi connectivity index (χ1v) is 9.57. The topological polar surface area (TPSA) is 53.6 Å². The Morgan fingerprint density at radius 2 is 1.85 bits per heavy atom. The Morgan fingerprint density at radius 1 is 1.12 bits per heavy atom. The largest absolute Gasteiger partial charge is 0.370 e. The van der Waals surface area contributed by atoms with Crippen LogP contribution in [0.1, 0.15) is 36.5 Å². The van der Waals surface area contributed by atoms with Gasteiger partial charge >= 0.3 is 0 Å². The molecule has 0 saturated carbocycles. The smallest absolute Gasteiger partial charge is 0.189 e. The minimum atomic E-state index is 0.496. The molecule has 4 heteroatoms. The molecule has 1 heterocycles. The normalized spacial score (nSPS) is 18.7. The van der Waals surface area contributed by atoms with Crippen LogP contribution in [-0.4, -0.2) is 23.9 Å². The Bertz CT molecular complexity index is 711. The van der Waals surface area contributed by atoms with E-state index in [2.05, 4.69) is 58.5 Å². The number of likely N-dealkylation sites (tertiary alicyclic amines) is 1. The first kappa shape index (κ1) is 18.5. The maximum absolute atomic E-state index is 6.05. The van der Waals surface area contributed by atoms with Crippen LogP contribution in [0.3, 0.4) is 0 Å². The summed E-state index contributed by atoms with van der Waals surface area (Å²) in [7, 11) is 0. The van der Waals surface area contributed by atoms with Crippen LogP contribution >= 0.6 is 0 Å². The molecule has 3 rings (SSSR count). The maximum Gasteiger partial charge on any atom is 0.189 e. The van der Waals surface area contributed by atoms with Gasteiger partial charge in [-0.3, -0.25) is 4.90 Å². The molecule has 1 aliphatic heterocycles.